The van der Waals surface area contributed by atoms with Gasteiger partial charge in [-0.3, -0.25) is 9.59 Å². The van der Waals surface area contributed by atoms with Gasteiger partial charge in [0.1, 0.15) is 17.4 Å². The van der Waals surface area contributed by atoms with Crippen LogP contribution in [-0.2, 0) is 22.4 Å². The van der Waals surface area contributed by atoms with Gasteiger partial charge >= 0.3 is 5.97 Å². The Labute approximate surface area is 209 Å². The lowest BCUT2D eigenvalue weighted by Crippen LogP contribution is -2.10. The van der Waals surface area contributed by atoms with Crippen molar-refractivity contribution in [2.24, 2.45) is 23.7 Å². The smallest absolute Gasteiger partial charge is 0.306 e. The number of halogens is 4. The zero-order valence-electron chi connectivity index (χ0n) is 19.2. The fraction of sp³-hybridized carbons (Fsp3) is 0.481. The predicted octanol–water partition coefficient (Wildman–Crippen LogP) is 7.55. The van der Waals surface area contributed by atoms with Crippen LogP contribution in [0.1, 0.15) is 56.6 Å². The SMILES string of the molecule is CC(=O)[C@@H]1CC[C@@H](Cc2ccc(F)c(Cl)c2)C1.O=C(O)[C@@H]1CC[C@@H](Cc2ccc(F)c(Cl)c2)C1. The first-order valence-corrected chi connectivity index (χ1v) is 12.5. The number of hydrogen-bond acceptors (Lipinski definition) is 2. The standard InChI is InChI=1S/C14H16ClFO.C13H14ClFO2/c1-9(17)12-4-2-10(7-12)6-11-3-5-14(16)13(15)8-11;14-11-7-9(2-4-12(11)15)5-8-1-3-10(6-8)13(16)17/h3,5,8,10,12H,2,4,6-7H2,1H3;2,4,7-8,10H,1,3,5-6H2,(H,16,17)/t10-,12+;8-,10+/m00/s1. The lowest BCUT2D eigenvalue weighted by atomic mass is 9.96. The van der Waals surface area contributed by atoms with Crippen molar-refractivity contribution in [2.75, 3.05) is 0 Å². The third-order valence-corrected chi connectivity index (χ3v) is 7.60. The van der Waals surface area contributed by atoms with Gasteiger partial charge in [0.15, 0.2) is 0 Å². The number of rotatable bonds is 6. The van der Waals surface area contributed by atoms with Crippen LogP contribution in [-0.4, -0.2) is 16.9 Å². The van der Waals surface area contributed by atoms with Gasteiger partial charge in [0, 0.05) is 5.92 Å². The highest BCUT2D eigenvalue weighted by molar-refractivity contribution is 6.31. The summed E-state index contributed by atoms with van der Waals surface area (Å²) in [5, 5.41) is 9.23. The molecule has 0 bridgehead atoms. The molecule has 1 N–H and O–H groups in total. The first-order valence-electron chi connectivity index (χ1n) is 11.7. The number of ketones is 1. The zero-order chi connectivity index (χ0) is 24.8. The lowest BCUT2D eigenvalue weighted by Gasteiger charge is -2.10. The quantitative estimate of drug-likeness (QED) is 0.436. The second-order valence-corrected chi connectivity index (χ2v) is 10.4. The van der Waals surface area contributed by atoms with E-state index in [1.54, 1.807) is 31.2 Å². The topological polar surface area (TPSA) is 54.4 Å². The van der Waals surface area contributed by atoms with E-state index in [0.29, 0.717) is 24.0 Å². The Bertz CT molecular complexity index is 945. The molecule has 2 aromatic carbocycles. The molecule has 7 heteroatoms. The summed E-state index contributed by atoms with van der Waals surface area (Å²) >= 11 is 11.5. The number of Topliss-reactive ketones (excluding diaryl/α,β-unsaturated/α-hetero) is 1. The first-order chi connectivity index (χ1) is 16.1. The molecule has 184 valence electrons. The molecule has 2 saturated carbocycles. The van der Waals surface area contributed by atoms with E-state index in [1.807, 2.05) is 0 Å². The molecular weight excluding hydrogens is 481 g/mol. The second kappa shape index (κ2) is 12.1. The second-order valence-electron chi connectivity index (χ2n) is 9.61. The summed E-state index contributed by atoms with van der Waals surface area (Å²) < 4.78 is 26.0. The van der Waals surface area contributed by atoms with Crippen molar-refractivity contribution in [3.8, 4) is 0 Å². The normalized spacial score (nSPS) is 23.9. The minimum absolute atomic E-state index is 0.135. The minimum atomic E-state index is -0.704. The number of carbonyl (C=O) groups excluding carboxylic acids is 1. The Kier molecular flexibility index (Phi) is 9.49. The highest BCUT2D eigenvalue weighted by Gasteiger charge is 2.30. The molecule has 2 aliphatic rings. The summed E-state index contributed by atoms with van der Waals surface area (Å²) in [6.07, 6.45) is 7.09. The predicted molar refractivity (Wildman–Crippen MR) is 130 cm³/mol. The van der Waals surface area contributed by atoms with E-state index in [9.17, 15) is 18.4 Å². The molecule has 0 radical (unpaired) electrons. The summed E-state index contributed by atoms with van der Waals surface area (Å²) in [4.78, 5) is 22.1. The van der Waals surface area contributed by atoms with Crippen LogP contribution < -0.4 is 0 Å². The summed E-state index contributed by atoms with van der Waals surface area (Å²) in [6, 6.07) is 9.59. The molecule has 0 amide bonds. The van der Waals surface area contributed by atoms with Crippen molar-refractivity contribution < 1.29 is 23.5 Å². The van der Waals surface area contributed by atoms with Gasteiger partial charge < -0.3 is 5.11 Å². The molecule has 4 atom stereocenters. The van der Waals surface area contributed by atoms with Gasteiger partial charge in [-0.05, 0) is 106 Å². The average Bonchev–Trinajstić information content (AvgIpc) is 3.44. The van der Waals surface area contributed by atoms with Crippen molar-refractivity contribution >= 4 is 35.0 Å². The number of carbonyl (C=O) groups is 2. The molecule has 0 spiro atoms. The highest BCUT2D eigenvalue weighted by atomic mass is 35.5. The maximum absolute atomic E-state index is 13.0. The van der Waals surface area contributed by atoms with Crippen molar-refractivity contribution in [1.82, 2.24) is 0 Å². The van der Waals surface area contributed by atoms with Crippen molar-refractivity contribution in [3.05, 3.63) is 69.2 Å². The summed E-state index contributed by atoms with van der Waals surface area (Å²) in [7, 11) is 0. The van der Waals surface area contributed by atoms with Gasteiger partial charge in [0.25, 0.3) is 0 Å². The molecule has 0 heterocycles. The van der Waals surface area contributed by atoms with E-state index < -0.39 is 11.8 Å². The molecule has 0 unspecified atom stereocenters. The third-order valence-electron chi connectivity index (χ3n) is 7.02. The minimum Gasteiger partial charge on any atom is -0.481 e. The largest absolute Gasteiger partial charge is 0.481 e. The van der Waals surface area contributed by atoms with Crippen LogP contribution in [0.4, 0.5) is 8.78 Å². The fourth-order valence-electron chi connectivity index (χ4n) is 5.11. The van der Waals surface area contributed by atoms with E-state index in [0.717, 1.165) is 56.1 Å². The molecule has 0 aliphatic heterocycles. The maximum atomic E-state index is 13.0. The molecule has 2 aromatic rings. The van der Waals surface area contributed by atoms with E-state index in [4.69, 9.17) is 28.3 Å². The molecule has 0 saturated heterocycles. The maximum Gasteiger partial charge on any atom is 0.306 e. The molecule has 0 aromatic heterocycles. The van der Waals surface area contributed by atoms with Crippen LogP contribution in [0, 0.1) is 35.3 Å². The monoisotopic (exact) mass is 510 g/mol. The van der Waals surface area contributed by atoms with Crippen LogP contribution in [0.2, 0.25) is 10.0 Å². The molecule has 2 fully saturated rings. The third kappa shape index (κ3) is 7.51. The zero-order valence-corrected chi connectivity index (χ0v) is 20.7. The number of benzene rings is 2. The number of hydrogen-bond donors (Lipinski definition) is 1. The number of carboxylic acids is 1. The number of carboxylic acid groups (broad SMARTS) is 1. The Morgan fingerprint density at radius 2 is 1.26 bits per heavy atom. The Morgan fingerprint density at radius 3 is 1.62 bits per heavy atom. The first kappa shape index (κ1) is 26.6. The summed E-state index contributed by atoms with van der Waals surface area (Å²) in [6.45, 7) is 1.67. The van der Waals surface area contributed by atoms with Gasteiger partial charge in [0.05, 0.1) is 16.0 Å². The Balaban J connectivity index is 0.000000191. The Hall–Kier alpha value is -1.98. The van der Waals surface area contributed by atoms with Crippen LogP contribution in [0.25, 0.3) is 0 Å². The van der Waals surface area contributed by atoms with Crippen LogP contribution in [0.5, 0.6) is 0 Å². The average molecular weight is 511 g/mol. The summed E-state index contributed by atoms with van der Waals surface area (Å²) in [5.74, 6) is -0.266. The van der Waals surface area contributed by atoms with Crippen LogP contribution in [0.15, 0.2) is 36.4 Å². The van der Waals surface area contributed by atoms with Gasteiger partial charge in [0.2, 0.25) is 0 Å². The van der Waals surface area contributed by atoms with Crippen molar-refractivity contribution in [2.45, 2.75) is 58.3 Å². The van der Waals surface area contributed by atoms with Crippen molar-refractivity contribution in [3.63, 3.8) is 0 Å². The van der Waals surface area contributed by atoms with Crippen LogP contribution >= 0.6 is 23.2 Å². The van der Waals surface area contributed by atoms with E-state index in [2.05, 4.69) is 0 Å². The summed E-state index contributed by atoms with van der Waals surface area (Å²) in [5.41, 5.74) is 2.04. The molecule has 3 nitrogen and oxygen atoms in total. The molecule has 34 heavy (non-hydrogen) atoms. The van der Waals surface area contributed by atoms with Gasteiger partial charge in [-0.25, -0.2) is 8.78 Å². The van der Waals surface area contributed by atoms with E-state index in [-0.39, 0.29) is 27.7 Å². The van der Waals surface area contributed by atoms with Gasteiger partial charge in [-0.1, -0.05) is 35.3 Å². The van der Waals surface area contributed by atoms with Crippen molar-refractivity contribution in [1.29, 1.82) is 0 Å². The molecular formula is C27H30Cl2F2O3. The number of aliphatic carboxylic acids is 1. The molecule has 4 rings (SSSR count). The van der Waals surface area contributed by atoms with Gasteiger partial charge in [-0.2, -0.15) is 0 Å². The molecule has 2 aliphatic carbocycles. The Morgan fingerprint density at radius 1 is 0.824 bits per heavy atom. The van der Waals surface area contributed by atoms with E-state index >= 15 is 0 Å². The lowest BCUT2D eigenvalue weighted by molar-refractivity contribution is -0.141. The van der Waals surface area contributed by atoms with E-state index in [1.165, 1.54) is 12.1 Å². The fourth-order valence-corrected chi connectivity index (χ4v) is 5.52. The van der Waals surface area contributed by atoms with Crippen LogP contribution in [0.3, 0.4) is 0 Å². The highest BCUT2D eigenvalue weighted by Crippen LogP contribution is 2.35. The van der Waals surface area contributed by atoms with Gasteiger partial charge in [-0.15, -0.1) is 0 Å².